The molecule has 4 aromatic carbocycles. The van der Waals surface area contributed by atoms with Gasteiger partial charge in [-0.25, -0.2) is 33.7 Å². The molecule has 0 fully saturated rings. The van der Waals surface area contributed by atoms with Gasteiger partial charge in [-0.05, 0) is 55.5 Å². The van der Waals surface area contributed by atoms with Gasteiger partial charge in [0.1, 0.15) is 0 Å². The van der Waals surface area contributed by atoms with E-state index in [1.807, 2.05) is 0 Å². The Balaban J connectivity index is 1.77. The van der Waals surface area contributed by atoms with Gasteiger partial charge in [-0.3, -0.25) is 0 Å². The first-order chi connectivity index (χ1) is 17.6. The van der Waals surface area contributed by atoms with Gasteiger partial charge in [-0.2, -0.15) is 0 Å². The fourth-order valence-electron chi connectivity index (χ4n) is 3.53. The van der Waals surface area contributed by atoms with Gasteiger partial charge >= 0.3 is 0 Å². The van der Waals surface area contributed by atoms with Crippen LogP contribution in [0.1, 0.15) is 5.56 Å². The predicted molar refractivity (Wildman–Crippen MR) is 142 cm³/mol. The number of nitrogens with one attached hydrogen (secondary N) is 2. The minimum Gasteiger partial charge on any atom is -0.206 e. The van der Waals surface area contributed by atoms with Crippen molar-refractivity contribution in [1.29, 1.82) is 0 Å². The Labute approximate surface area is 225 Å². The zero-order chi connectivity index (χ0) is 27.9. The number of halogens is 1. The second kappa shape index (κ2) is 10.0. The van der Waals surface area contributed by atoms with Crippen molar-refractivity contribution >= 4 is 62.5 Å². The van der Waals surface area contributed by atoms with Crippen LogP contribution in [0.4, 0.5) is 0 Å². The van der Waals surface area contributed by atoms with E-state index in [1.165, 1.54) is 60.7 Å². The van der Waals surface area contributed by atoms with E-state index in [2.05, 4.69) is 0 Å². The topological polar surface area (TPSA) is 161 Å². The molecule has 0 aliphatic rings. The van der Waals surface area contributed by atoms with Crippen LogP contribution >= 0.6 is 11.6 Å². The molecule has 0 bridgehead atoms. The quantitative estimate of drug-likeness (QED) is 0.306. The zero-order valence-electron chi connectivity index (χ0n) is 19.4. The maximum absolute atomic E-state index is 13.1. The van der Waals surface area contributed by atoms with Crippen molar-refractivity contribution in [2.45, 2.75) is 26.5 Å². The van der Waals surface area contributed by atoms with Gasteiger partial charge in [-0.15, -0.1) is 8.25 Å². The fourth-order valence-corrected chi connectivity index (χ4v) is 9.89. The normalized spacial score (nSPS) is 13.0. The van der Waals surface area contributed by atoms with Crippen LogP contribution in [-0.4, -0.2) is 33.7 Å². The molecule has 4 aromatic rings. The molecule has 0 spiro atoms. The van der Waals surface area contributed by atoms with Gasteiger partial charge in [0.05, 0.1) is 19.6 Å². The first-order valence-electron chi connectivity index (χ1n) is 10.5. The number of sulfonamides is 4. The zero-order valence-corrected chi connectivity index (χ0v) is 23.4. The van der Waals surface area contributed by atoms with E-state index in [9.17, 15) is 33.7 Å². The third kappa shape index (κ3) is 5.76. The molecule has 0 heterocycles. The SMILES string of the molecule is Cc1ccc(S(=O)(=O)NS(=O)(=O)c2cccc3c(S(=O)(=O)NS(=O)(=O)c4ccc(Cl)cc4)cccc23)cc1. The smallest absolute Gasteiger partial charge is 0.206 e. The van der Waals surface area contributed by atoms with Crippen molar-refractivity contribution < 1.29 is 33.7 Å². The largest absolute Gasteiger partial charge is 0.254 e. The van der Waals surface area contributed by atoms with Crippen LogP contribution in [0.15, 0.2) is 105 Å². The van der Waals surface area contributed by atoms with Gasteiger partial charge in [0.15, 0.2) is 0 Å². The van der Waals surface area contributed by atoms with E-state index in [0.29, 0.717) is 0 Å². The third-order valence-electron chi connectivity index (χ3n) is 5.32. The Morgan fingerprint density at radius 3 is 1.26 bits per heavy atom. The first-order valence-corrected chi connectivity index (χ1v) is 16.8. The lowest BCUT2D eigenvalue weighted by Crippen LogP contribution is -2.31. The average molecular weight is 615 g/mol. The molecule has 10 nitrogen and oxygen atoms in total. The highest BCUT2D eigenvalue weighted by molar-refractivity contribution is 8.05. The lowest BCUT2D eigenvalue weighted by molar-refractivity contribution is 0.573. The summed E-state index contributed by atoms with van der Waals surface area (Å²) in [6.07, 6.45) is 0. The summed E-state index contributed by atoms with van der Waals surface area (Å²) in [5.74, 6) is 0. The Kier molecular flexibility index (Phi) is 7.44. The predicted octanol–water partition coefficient (Wildman–Crippen LogP) is 3.14. The summed E-state index contributed by atoms with van der Waals surface area (Å²) in [5.41, 5.74) is 0.765. The number of fused-ring (bicyclic) bond motifs is 1. The lowest BCUT2D eigenvalue weighted by atomic mass is 10.1. The van der Waals surface area contributed by atoms with Crippen molar-refractivity contribution in [3.63, 3.8) is 0 Å². The van der Waals surface area contributed by atoms with Crippen molar-refractivity contribution in [2.75, 3.05) is 0 Å². The Morgan fingerprint density at radius 1 is 0.500 bits per heavy atom. The Morgan fingerprint density at radius 2 is 0.868 bits per heavy atom. The Bertz CT molecular complexity index is 1830. The van der Waals surface area contributed by atoms with Crippen LogP contribution in [0.3, 0.4) is 0 Å². The highest BCUT2D eigenvalue weighted by atomic mass is 35.5. The Hall–Kier alpha value is -2.85. The molecule has 0 aliphatic carbocycles. The van der Waals surface area contributed by atoms with Crippen LogP contribution in [0.2, 0.25) is 5.02 Å². The van der Waals surface area contributed by atoms with Crippen molar-refractivity contribution in [1.82, 2.24) is 8.25 Å². The monoisotopic (exact) mass is 614 g/mol. The van der Waals surface area contributed by atoms with Crippen LogP contribution in [0, 0.1) is 6.92 Å². The van der Waals surface area contributed by atoms with Gasteiger partial charge in [-0.1, -0.05) is 53.6 Å². The van der Waals surface area contributed by atoms with Crippen molar-refractivity contribution in [3.05, 3.63) is 95.5 Å². The molecule has 4 rings (SSSR count). The molecule has 38 heavy (non-hydrogen) atoms. The van der Waals surface area contributed by atoms with E-state index in [-0.39, 0.29) is 25.6 Å². The lowest BCUT2D eigenvalue weighted by Gasteiger charge is -2.13. The summed E-state index contributed by atoms with van der Waals surface area (Å²) in [5, 5.41) is -0.0552. The molecule has 0 aliphatic heterocycles. The molecule has 0 saturated carbocycles. The molecule has 0 unspecified atom stereocenters. The molecule has 2 N–H and O–H groups in total. The highest BCUT2D eigenvalue weighted by Gasteiger charge is 2.29. The molecule has 0 radical (unpaired) electrons. The molecular weight excluding hydrogens is 596 g/mol. The second-order valence-corrected chi connectivity index (χ2v) is 15.7. The number of rotatable bonds is 8. The van der Waals surface area contributed by atoms with E-state index >= 15 is 0 Å². The number of aryl methyl sites for hydroxylation is 1. The number of hydrogen-bond acceptors (Lipinski definition) is 8. The number of hydrogen-bond donors (Lipinski definition) is 2. The van der Waals surface area contributed by atoms with E-state index in [4.69, 9.17) is 11.6 Å². The minimum atomic E-state index is -4.75. The molecule has 15 heteroatoms. The van der Waals surface area contributed by atoms with E-state index in [0.717, 1.165) is 29.8 Å². The van der Waals surface area contributed by atoms with Crippen LogP contribution in [0.5, 0.6) is 0 Å². The van der Waals surface area contributed by atoms with Crippen LogP contribution in [-0.2, 0) is 40.1 Å². The molecular formula is C23H19ClN2O8S4. The fraction of sp³-hybridized carbons (Fsp3) is 0.0435. The van der Waals surface area contributed by atoms with Gasteiger partial charge < -0.3 is 0 Å². The molecule has 0 amide bonds. The standard InChI is InChI=1S/C23H19ClN2O8S4/c1-16-8-12-18(13-9-16)35(27,28)25-37(31,32)22-6-2-5-21-20(22)4-3-7-23(21)38(33,34)26-36(29,30)19-14-10-17(24)11-15-19/h2-15,25-26H,1H3. The summed E-state index contributed by atoms with van der Waals surface area (Å²) in [6, 6.07) is 17.4. The first kappa shape index (κ1) is 28.2. The van der Waals surface area contributed by atoms with E-state index < -0.39 is 49.9 Å². The second-order valence-electron chi connectivity index (χ2n) is 8.05. The summed E-state index contributed by atoms with van der Waals surface area (Å²) in [6.45, 7) is 1.73. The molecule has 0 aromatic heterocycles. The number of benzene rings is 4. The van der Waals surface area contributed by atoms with Gasteiger partial charge in [0.25, 0.3) is 40.1 Å². The molecule has 0 atom stereocenters. The van der Waals surface area contributed by atoms with Crippen LogP contribution < -0.4 is 8.25 Å². The van der Waals surface area contributed by atoms with Gasteiger partial charge in [0, 0.05) is 15.8 Å². The third-order valence-corrected chi connectivity index (χ3v) is 12.7. The van der Waals surface area contributed by atoms with Gasteiger partial charge in [0.2, 0.25) is 0 Å². The van der Waals surface area contributed by atoms with Crippen LogP contribution in [0.25, 0.3) is 10.8 Å². The summed E-state index contributed by atoms with van der Waals surface area (Å²) in [4.78, 5) is -1.71. The maximum Gasteiger partial charge on any atom is 0.254 e. The highest BCUT2D eigenvalue weighted by Crippen LogP contribution is 2.29. The van der Waals surface area contributed by atoms with Crippen molar-refractivity contribution in [2.24, 2.45) is 0 Å². The summed E-state index contributed by atoms with van der Waals surface area (Å²) >= 11 is 5.76. The minimum absolute atomic E-state index is 0.147. The average Bonchev–Trinajstić information content (AvgIpc) is 2.82. The maximum atomic E-state index is 13.1. The summed E-state index contributed by atoms with van der Waals surface area (Å²) < 4.78 is 107. The molecule has 0 saturated heterocycles. The molecule has 200 valence electrons. The van der Waals surface area contributed by atoms with E-state index in [1.54, 1.807) is 15.2 Å². The van der Waals surface area contributed by atoms with Crippen molar-refractivity contribution in [3.8, 4) is 0 Å². The summed E-state index contributed by atoms with van der Waals surface area (Å²) in [7, 11) is -18.5.